The number of phenols is 1. The molecule has 0 radical (unpaired) electrons. The van der Waals surface area contributed by atoms with E-state index in [0.717, 1.165) is 9.47 Å². The van der Waals surface area contributed by atoms with Crippen LogP contribution in [0.4, 0.5) is 0 Å². The molecule has 262 valence electrons. The minimum absolute atomic E-state index is 0.0565. The highest BCUT2D eigenvalue weighted by Crippen LogP contribution is 2.63. The van der Waals surface area contributed by atoms with E-state index in [4.69, 9.17) is 37.4 Å². The SMILES string of the molecule is COc1cc([C@H]2C3=CCn4c(=O)n(CCc5nc6cc(OC)c(OC)cc6n(C)c5=O)c(=O)n4[C@@H]3C[C@@]3(Cl)C(=O)N(C)C(=O)[C@@]23Cl)ccc1O. The maximum atomic E-state index is 14.2. The summed E-state index contributed by atoms with van der Waals surface area (Å²) < 4.78 is 21.0. The van der Waals surface area contributed by atoms with Crippen molar-refractivity contribution in [2.24, 2.45) is 7.05 Å². The van der Waals surface area contributed by atoms with Crippen LogP contribution in [0.1, 0.15) is 29.6 Å². The number of phenolic OH excluding ortho intramolecular Hbond substituents is 1. The quantitative estimate of drug-likeness (QED) is 0.168. The smallest absolute Gasteiger partial charge is 0.347 e. The Hall–Kier alpha value is -5.02. The van der Waals surface area contributed by atoms with Gasteiger partial charge in [-0.05, 0) is 23.3 Å². The number of carbonyl (C=O) groups excluding carboxylic acids is 2. The number of benzene rings is 2. The maximum absolute atomic E-state index is 14.2. The molecule has 17 heteroatoms. The van der Waals surface area contributed by atoms with Crippen molar-refractivity contribution >= 4 is 46.0 Å². The van der Waals surface area contributed by atoms with Gasteiger partial charge in [-0.25, -0.2) is 28.5 Å². The molecule has 1 saturated carbocycles. The first kappa shape index (κ1) is 33.5. The minimum atomic E-state index is -2.01. The zero-order valence-corrected chi connectivity index (χ0v) is 29.1. The number of hydrogen-bond donors (Lipinski definition) is 1. The summed E-state index contributed by atoms with van der Waals surface area (Å²) in [5, 5.41) is 10.3. The fourth-order valence-corrected chi connectivity index (χ4v) is 8.58. The third kappa shape index (κ3) is 4.35. The summed E-state index contributed by atoms with van der Waals surface area (Å²) in [5.74, 6) is -1.75. The summed E-state index contributed by atoms with van der Waals surface area (Å²) in [6, 6.07) is 6.73. The Bertz CT molecular complexity index is 2360. The number of imide groups is 1. The molecule has 2 aromatic heterocycles. The average molecular weight is 728 g/mol. The number of aromatic nitrogens is 5. The van der Waals surface area contributed by atoms with E-state index in [0.29, 0.717) is 33.7 Å². The summed E-state index contributed by atoms with van der Waals surface area (Å²) in [5.41, 5.74) is 0.207. The molecule has 2 amide bonds. The molecule has 0 unspecified atom stereocenters. The van der Waals surface area contributed by atoms with Gasteiger partial charge in [-0.3, -0.25) is 19.3 Å². The molecule has 0 bridgehead atoms. The molecule has 15 nitrogen and oxygen atoms in total. The molecule has 2 aliphatic heterocycles. The number of carbonyl (C=O) groups is 2. The number of allylic oxidation sites excluding steroid dienone is 2. The number of nitrogens with zero attached hydrogens (tertiary/aromatic N) is 6. The van der Waals surface area contributed by atoms with Crippen LogP contribution in [0, 0.1) is 0 Å². The van der Waals surface area contributed by atoms with Crippen molar-refractivity contribution in [1.29, 1.82) is 0 Å². The van der Waals surface area contributed by atoms with Gasteiger partial charge in [-0.15, -0.1) is 23.2 Å². The minimum Gasteiger partial charge on any atom is -0.504 e. The summed E-state index contributed by atoms with van der Waals surface area (Å²) in [4.78, 5) is 70.1. The Morgan fingerprint density at radius 2 is 1.60 bits per heavy atom. The van der Waals surface area contributed by atoms with Gasteiger partial charge in [0.15, 0.2) is 32.7 Å². The molecule has 4 atom stereocenters. The summed E-state index contributed by atoms with van der Waals surface area (Å²) in [6.45, 7) is -0.242. The maximum Gasteiger partial charge on any atom is 0.347 e. The second-order valence-corrected chi connectivity index (χ2v) is 13.7. The van der Waals surface area contributed by atoms with Crippen molar-refractivity contribution < 1.29 is 28.9 Å². The molecule has 4 heterocycles. The number of ether oxygens (including phenoxy) is 3. The van der Waals surface area contributed by atoms with Gasteiger partial charge in [0.1, 0.15) is 5.69 Å². The Balaban J connectivity index is 1.31. The standard InChI is InChI=1S/C33H32Cl2N6O9/c1-37-20-14-25(50-5)24(49-4)13-19(20)36-18(27(37)43)9-10-39-30(46)40-11-8-17-21(41(40)31(39)47)15-32(34)28(44)38(2)29(45)33(32,35)26(17)16-6-7-22(42)23(12-16)48-3/h6-8,12-14,21,26,42H,9-11,15H2,1-5H3/t21-,26+,32-,33+/m1/s1. The fraction of sp³-hybridized carbons (Fsp3) is 0.394. The number of alkyl halides is 2. The molecule has 7 rings (SSSR count). The molecule has 1 aliphatic carbocycles. The van der Waals surface area contributed by atoms with Gasteiger partial charge in [-0.2, -0.15) is 0 Å². The van der Waals surface area contributed by atoms with Gasteiger partial charge in [0, 0.05) is 51.5 Å². The Labute approximate surface area is 293 Å². The largest absolute Gasteiger partial charge is 0.504 e. The lowest BCUT2D eigenvalue weighted by molar-refractivity contribution is -0.137. The topological polar surface area (TPSA) is 169 Å². The number of halogens is 2. The highest BCUT2D eigenvalue weighted by molar-refractivity contribution is 6.53. The van der Waals surface area contributed by atoms with Gasteiger partial charge < -0.3 is 23.9 Å². The summed E-state index contributed by atoms with van der Waals surface area (Å²) in [6.07, 6.45) is 1.38. The van der Waals surface area contributed by atoms with Crippen molar-refractivity contribution in [2.45, 2.75) is 47.6 Å². The molecule has 50 heavy (non-hydrogen) atoms. The average Bonchev–Trinajstić information content (AvgIpc) is 3.43. The van der Waals surface area contributed by atoms with Crippen molar-refractivity contribution in [3.8, 4) is 23.0 Å². The number of amides is 2. The van der Waals surface area contributed by atoms with Crippen molar-refractivity contribution in [3.63, 3.8) is 0 Å². The Morgan fingerprint density at radius 3 is 2.28 bits per heavy atom. The zero-order chi connectivity index (χ0) is 36.0. The molecule has 2 aromatic carbocycles. The Kier molecular flexibility index (Phi) is 7.71. The van der Waals surface area contributed by atoms with Gasteiger partial charge in [0.25, 0.3) is 17.4 Å². The van der Waals surface area contributed by atoms with Crippen LogP contribution in [0.2, 0.25) is 0 Å². The lowest BCUT2D eigenvalue weighted by atomic mass is 9.64. The second-order valence-electron chi connectivity index (χ2n) is 12.5. The molecule has 1 saturated heterocycles. The first-order valence-corrected chi connectivity index (χ1v) is 16.3. The van der Waals surface area contributed by atoms with Crippen molar-refractivity contribution in [1.82, 2.24) is 28.4 Å². The van der Waals surface area contributed by atoms with E-state index in [1.807, 2.05) is 0 Å². The summed E-state index contributed by atoms with van der Waals surface area (Å²) in [7, 11) is 7.20. The fourth-order valence-electron chi connectivity index (χ4n) is 7.58. The molecular weight excluding hydrogens is 695 g/mol. The van der Waals surface area contributed by atoms with Crippen LogP contribution < -0.4 is 31.1 Å². The third-order valence-corrected chi connectivity index (χ3v) is 11.5. The van der Waals surface area contributed by atoms with Crippen molar-refractivity contribution in [3.05, 3.63) is 84.6 Å². The van der Waals surface area contributed by atoms with Crippen LogP contribution in [-0.4, -0.2) is 83.4 Å². The van der Waals surface area contributed by atoms with E-state index in [1.165, 1.54) is 54.4 Å². The third-order valence-electron chi connectivity index (χ3n) is 10.1. The van der Waals surface area contributed by atoms with Gasteiger partial charge >= 0.3 is 11.4 Å². The molecule has 2 fully saturated rings. The van der Waals surface area contributed by atoms with Crippen LogP contribution >= 0.6 is 23.2 Å². The monoisotopic (exact) mass is 726 g/mol. The first-order valence-electron chi connectivity index (χ1n) is 15.5. The van der Waals surface area contributed by atoms with E-state index < -0.39 is 50.5 Å². The predicted octanol–water partition coefficient (Wildman–Crippen LogP) is 1.65. The van der Waals surface area contributed by atoms with E-state index >= 15 is 0 Å². The first-order chi connectivity index (χ1) is 23.7. The van der Waals surface area contributed by atoms with E-state index in [1.54, 1.807) is 31.3 Å². The molecule has 0 spiro atoms. The highest BCUT2D eigenvalue weighted by Gasteiger charge is 2.74. The van der Waals surface area contributed by atoms with Crippen LogP contribution in [-0.2, 0) is 36.1 Å². The zero-order valence-electron chi connectivity index (χ0n) is 27.6. The highest BCUT2D eigenvalue weighted by atomic mass is 35.5. The number of rotatable bonds is 7. The summed E-state index contributed by atoms with van der Waals surface area (Å²) >= 11 is 14.4. The van der Waals surface area contributed by atoms with E-state index in [9.17, 15) is 29.1 Å². The van der Waals surface area contributed by atoms with Crippen LogP contribution in [0.25, 0.3) is 11.0 Å². The second kappa shape index (κ2) is 11.5. The number of likely N-dealkylation sites (tertiary alicyclic amines) is 1. The number of aryl methyl sites for hydroxylation is 2. The normalized spacial score (nSPS) is 24.1. The van der Waals surface area contributed by atoms with E-state index in [-0.39, 0.29) is 43.1 Å². The van der Waals surface area contributed by atoms with Crippen LogP contribution in [0.15, 0.2) is 56.4 Å². The molecular formula is C33H32Cl2N6O9. The van der Waals surface area contributed by atoms with Crippen molar-refractivity contribution in [2.75, 3.05) is 28.4 Å². The molecule has 1 N–H and O–H groups in total. The predicted molar refractivity (Wildman–Crippen MR) is 181 cm³/mol. The van der Waals surface area contributed by atoms with Gasteiger partial charge in [0.2, 0.25) is 0 Å². The number of hydrogen-bond acceptors (Lipinski definition) is 10. The lowest BCUT2D eigenvalue weighted by Gasteiger charge is -2.49. The van der Waals surface area contributed by atoms with Crippen LogP contribution in [0.5, 0.6) is 23.0 Å². The number of aromatic hydroxyl groups is 1. The number of fused-ring (bicyclic) bond motifs is 5. The van der Waals surface area contributed by atoms with Crippen LogP contribution in [0.3, 0.4) is 0 Å². The molecule has 3 aliphatic rings. The molecule has 4 aromatic rings. The Morgan fingerprint density at radius 1 is 0.920 bits per heavy atom. The van der Waals surface area contributed by atoms with Gasteiger partial charge in [-0.1, -0.05) is 12.1 Å². The van der Waals surface area contributed by atoms with Gasteiger partial charge in [0.05, 0.1) is 44.9 Å². The lowest BCUT2D eigenvalue weighted by Crippen LogP contribution is -2.59. The van der Waals surface area contributed by atoms with E-state index in [2.05, 4.69) is 4.98 Å². The number of methoxy groups -OCH3 is 3.